The molecule has 4 unspecified atom stereocenters. The third-order valence-corrected chi connectivity index (χ3v) is 5.00. The molecule has 1 aliphatic rings. The van der Waals surface area contributed by atoms with Crippen LogP contribution < -0.4 is 450 Å². The summed E-state index contributed by atoms with van der Waals surface area (Å²) in [5.41, 5.74) is 0. The molecule has 18 nitrogen and oxygen atoms in total. The molecule has 0 heterocycles. The van der Waals surface area contributed by atoms with Gasteiger partial charge < -0.3 is 85.7 Å². The van der Waals surface area contributed by atoms with E-state index in [-0.39, 0.29) is 411 Å². The van der Waals surface area contributed by atoms with E-state index in [0.29, 0.717) is 0 Å². The molecule has 4 atom stereocenters. The molecular weight excluding hydrogens is 797 g/mol. The first-order valence-corrected chi connectivity index (χ1v) is 12.2. The van der Waals surface area contributed by atoms with Crippen molar-refractivity contribution in [1.82, 2.24) is 0 Å². The molecule has 0 aromatic heterocycles. The van der Waals surface area contributed by atoms with Crippen LogP contribution in [0.5, 0.6) is 0 Å². The smallest absolute Gasteiger partial charge is 0.790 e. The normalized spacial score (nSPS) is 25.7. The Morgan fingerprint density at radius 2 is 0.556 bits per heavy atom. The van der Waals surface area contributed by atoms with Gasteiger partial charge in [-0.05, 0) is 0 Å². The molecule has 1 aliphatic carbocycles. The summed E-state index contributed by atoms with van der Waals surface area (Å²) in [5, 5.41) is 19.7. The molecule has 36 heavy (non-hydrogen) atoms. The fourth-order valence-electron chi connectivity index (χ4n) is 2.24. The van der Waals surface area contributed by atoms with E-state index in [1.165, 1.54) is 0 Å². The average Bonchev–Trinajstić information content (AvgIpc) is 2.39. The van der Waals surface area contributed by atoms with Gasteiger partial charge in [0, 0.05) is 0 Å². The van der Waals surface area contributed by atoms with Crippen LogP contribution in [0.25, 0.3) is 0 Å². The summed E-state index contributed by atoms with van der Waals surface area (Å²) in [5.74, 6) is 0. The van der Waals surface area contributed by atoms with Crippen LogP contribution in [0.2, 0.25) is 0 Å². The summed E-state index contributed by atoms with van der Waals surface area (Å²) in [6, 6.07) is 0. The van der Waals surface area contributed by atoms with Crippen LogP contribution >= 0.6 is 31.3 Å². The second-order valence-corrected chi connectivity index (χ2v) is 9.47. The van der Waals surface area contributed by atoms with Gasteiger partial charge >= 0.3 is 411 Å². The Morgan fingerprint density at radius 1 is 0.389 bits per heavy atom. The van der Waals surface area contributed by atoms with Gasteiger partial charge in [0.25, 0.3) is 0 Å². The molecule has 1 fully saturated rings. The topological polar surface area (TPSA) is 330 Å². The minimum absolute atomic E-state index is 0. The van der Waals surface area contributed by atoms with Crippen LogP contribution in [0.1, 0.15) is 0 Å². The first-order valence-electron chi connectivity index (χ1n) is 6.38. The largest absolute Gasteiger partial charge is 1.00 e. The van der Waals surface area contributed by atoms with Crippen molar-refractivity contribution in [2.45, 2.75) is 36.6 Å². The van der Waals surface area contributed by atoms with E-state index in [2.05, 4.69) is 18.1 Å². The summed E-state index contributed by atoms with van der Waals surface area (Å²) < 4.78 is 57.8. The van der Waals surface area contributed by atoms with Gasteiger partial charge in [-0.25, -0.2) is 0 Å². The Bertz CT molecular complexity index is 716. The average molecular weight is 805 g/mol. The maximum Gasteiger partial charge on any atom is 1.00 e. The Kier molecular flexibility index (Phi) is 57.9. The summed E-state index contributed by atoms with van der Waals surface area (Å²) in [4.78, 5) is 86.1. The maximum absolute atomic E-state index is 10.8. The van der Waals surface area contributed by atoms with Gasteiger partial charge in [-0.1, -0.05) is 0 Å². The molecule has 168 valence electrons. The van der Waals surface area contributed by atoms with Crippen molar-refractivity contribution in [3.8, 4) is 0 Å². The summed E-state index contributed by atoms with van der Waals surface area (Å²) in [7, 11) is -24.8. The van der Waals surface area contributed by atoms with Crippen molar-refractivity contribution in [1.29, 1.82) is 0 Å². The van der Waals surface area contributed by atoms with Crippen molar-refractivity contribution in [2.75, 3.05) is 0 Å². The Balaban J connectivity index is -0.000000163. The van der Waals surface area contributed by atoms with E-state index < -0.39 is 67.9 Å². The molecule has 0 saturated heterocycles. The molecule has 0 spiro atoms. The summed E-state index contributed by atoms with van der Waals surface area (Å²) >= 11 is 0. The molecule has 1 rings (SSSR count). The van der Waals surface area contributed by atoms with Gasteiger partial charge in [0.15, 0.2) is 0 Å². The van der Waals surface area contributed by atoms with Crippen molar-refractivity contribution in [3.05, 3.63) is 0 Å². The zero-order chi connectivity index (χ0) is 22.3. The number of aliphatic hydroxyl groups is 2. The van der Waals surface area contributed by atoms with Crippen LogP contribution in [0.3, 0.4) is 0 Å². The van der Waals surface area contributed by atoms with Gasteiger partial charge in [0.1, 0.15) is 36.6 Å². The standard InChI is InChI=1S/C6H16O18P4.8K/c7-1-3(21-25(9,10)11)2(8)5(23-27(15,16)17)6(24-28(18,19)20)4(1)22-26(12,13)14;;;;;;;;/h1-8H,(H2,9,10,11)(H2,12,13,14)(H2,15,16,17)(H2,18,19,20);;;;;;;;/q;8*+1/p-8. The third kappa shape index (κ3) is 31.0. The van der Waals surface area contributed by atoms with Crippen molar-refractivity contribution in [2.24, 2.45) is 0 Å². The zero-order valence-corrected chi connectivity index (χ0v) is 49.2. The Labute approximate surface area is 546 Å². The summed E-state index contributed by atoms with van der Waals surface area (Å²) in [6.45, 7) is 0. The van der Waals surface area contributed by atoms with Gasteiger partial charge in [-0.15, -0.1) is 0 Å². The number of rotatable bonds is 8. The molecule has 0 aliphatic heterocycles. The fraction of sp³-hybridized carbons (Fsp3) is 1.00. The van der Waals surface area contributed by atoms with E-state index >= 15 is 0 Å². The molecule has 0 bridgehead atoms. The number of hydrogen-bond donors (Lipinski definition) is 2. The summed E-state index contributed by atoms with van der Waals surface area (Å²) in [6.07, 6.45) is -17.6. The van der Waals surface area contributed by atoms with E-state index in [4.69, 9.17) is 0 Å². The SMILES string of the molecule is O=P([O-])([O-])OC1C(O)C(OP(=O)([O-])[O-])C(OP(=O)([O-])[O-])C(OP(=O)([O-])[O-])C1O.[K+].[K+].[K+].[K+].[K+].[K+].[K+].[K+]. The van der Waals surface area contributed by atoms with Crippen molar-refractivity contribution in [3.63, 3.8) is 0 Å². The monoisotopic (exact) mass is 804 g/mol. The maximum atomic E-state index is 10.8. The van der Waals surface area contributed by atoms with Crippen LogP contribution in [-0.4, -0.2) is 46.8 Å². The minimum atomic E-state index is -6.24. The second kappa shape index (κ2) is 30.9. The van der Waals surface area contributed by atoms with Crippen molar-refractivity contribution < 1.29 is 497 Å². The molecular formula is C6H8K8O18P4. The van der Waals surface area contributed by atoms with Crippen LogP contribution in [0.4, 0.5) is 0 Å². The zero-order valence-electron chi connectivity index (χ0n) is 20.7. The van der Waals surface area contributed by atoms with E-state index in [1.807, 2.05) is 0 Å². The van der Waals surface area contributed by atoms with Crippen LogP contribution in [-0.2, 0) is 36.4 Å². The fourth-order valence-corrected chi connectivity index (χ4v) is 4.41. The molecule has 0 aromatic rings. The van der Waals surface area contributed by atoms with Crippen molar-refractivity contribution >= 4 is 31.3 Å². The van der Waals surface area contributed by atoms with Gasteiger partial charge in [-0.3, -0.25) is 0 Å². The second-order valence-electron chi connectivity index (χ2n) is 5.05. The van der Waals surface area contributed by atoms with Gasteiger partial charge in [0.2, 0.25) is 0 Å². The molecule has 0 radical (unpaired) electrons. The van der Waals surface area contributed by atoms with Crippen LogP contribution in [0, 0.1) is 0 Å². The predicted molar refractivity (Wildman–Crippen MR) is 61.9 cm³/mol. The van der Waals surface area contributed by atoms with Gasteiger partial charge in [0.05, 0.1) is 31.3 Å². The predicted octanol–water partition coefficient (Wildman–Crippen LogP) is -32.4. The molecule has 0 aromatic carbocycles. The van der Waals surface area contributed by atoms with E-state index in [0.717, 1.165) is 0 Å². The minimum Gasteiger partial charge on any atom is -0.790 e. The number of phosphoric ester groups is 4. The Hall–Kier alpha value is 13.5. The number of phosphoric acid groups is 4. The van der Waals surface area contributed by atoms with E-state index in [9.17, 15) is 67.6 Å². The molecule has 2 N–H and O–H groups in total. The molecule has 1 saturated carbocycles. The molecule has 30 heteroatoms. The number of hydrogen-bond acceptors (Lipinski definition) is 18. The number of aliphatic hydroxyl groups excluding tert-OH is 2. The third-order valence-electron chi connectivity index (χ3n) is 3.00. The first kappa shape index (κ1) is 67.6. The van der Waals surface area contributed by atoms with E-state index in [1.54, 1.807) is 0 Å². The van der Waals surface area contributed by atoms with Crippen LogP contribution in [0.15, 0.2) is 0 Å². The first-order chi connectivity index (χ1) is 12.2. The quantitative estimate of drug-likeness (QED) is 0.170. The Morgan fingerprint density at radius 3 is 0.750 bits per heavy atom. The van der Waals surface area contributed by atoms with Gasteiger partial charge in [-0.2, -0.15) is 0 Å². The molecule has 0 amide bonds.